The monoisotopic (exact) mass is 378 g/mol. The van der Waals surface area contributed by atoms with Crippen molar-refractivity contribution in [3.8, 4) is 17.0 Å². The lowest BCUT2D eigenvalue weighted by molar-refractivity contribution is 0.401. The Balaban J connectivity index is 2.32. The molecule has 0 aliphatic rings. The Labute approximate surface area is 150 Å². The smallest absolute Gasteiger partial charge is 0.215 e. The Bertz CT molecular complexity index is 1080. The van der Waals surface area contributed by atoms with Gasteiger partial charge in [-0.3, -0.25) is 4.40 Å². The molecule has 0 saturated heterocycles. The molecule has 0 spiro atoms. The third-order valence-electron chi connectivity index (χ3n) is 4.00. The molecule has 3 aromatic heterocycles. The van der Waals surface area contributed by atoms with Crippen LogP contribution < -0.4 is 10.5 Å². The maximum absolute atomic E-state index is 13.6. The zero-order valence-corrected chi connectivity index (χ0v) is 15.6. The zero-order valence-electron chi connectivity index (χ0n) is 14.8. The molecule has 0 amide bonds. The predicted octanol–water partition coefficient (Wildman–Crippen LogP) is 2.70. The number of sulfone groups is 1. The van der Waals surface area contributed by atoms with Gasteiger partial charge in [0.1, 0.15) is 22.1 Å². The van der Waals surface area contributed by atoms with Crippen LogP contribution in [0.3, 0.4) is 0 Å². The molecule has 0 atom stereocenters. The fourth-order valence-electron chi connectivity index (χ4n) is 2.56. The van der Waals surface area contributed by atoms with Crippen molar-refractivity contribution >= 4 is 21.3 Å². The van der Waals surface area contributed by atoms with Gasteiger partial charge in [-0.05, 0) is 26.8 Å². The molecule has 7 nitrogen and oxygen atoms in total. The average Bonchev–Trinajstić information content (AvgIpc) is 2.94. The van der Waals surface area contributed by atoms with E-state index in [1.807, 2.05) is 0 Å². The van der Waals surface area contributed by atoms with Gasteiger partial charge in [-0.15, -0.1) is 0 Å². The summed E-state index contributed by atoms with van der Waals surface area (Å²) in [6, 6.07) is 4.24. The summed E-state index contributed by atoms with van der Waals surface area (Å²) in [6.07, 6.45) is 2.95. The van der Waals surface area contributed by atoms with Crippen LogP contribution >= 0.6 is 0 Å². The number of anilines is 1. The van der Waals surface area contributed by atoms with Gasteiger partial charge in [0.15, 0.2) is 9.84 Å². The number of nitrogen functional groups attached to an aromatic ring is 1. The summed E-state index contributed by atoms with van der Waals surface area (Å²) in [4.78, 5) is 7.79. The van der Waals surface area contributed by atoms with E-state index in [-0.39, 0.29) is 16.5 Å². The minimum Gasteiger partial charge on any atom is -0.495 e. The Hall–Kier alpha value is -2.68. The highest BCUT2D eigenvalue weighted by Crippen LogP contribution is 2.34. The molecule has 3 aromatic rings. The number of halogens is 1. The summed E-state index contributed by atoms with van der Waals surface area (Å²) < 4.78 is 45.3. The van der Waals surface area contributed by atoms with E-state index < -0.39 is 20.5 Å². The highest BCUT2D eigenvalue weighted by Gasteiger charge is 2.34. The Morgan fingerprint density at radius 2 is 1.92 bits per heavy atom. The second-order valence-corrected chi connectivity index (χ2v) is 9.47. The number of aromatic nitrogens is 3. The van der Waals surface area contributed by atoms with Crippen molar-refractivity contribution < 1.29 is 17.5 Å². The molecule has 0 bridgehead atoms. The largest absolute Gasteiger partial charge is 0.495 e. The number of imidazole rings is 1. The average molecular weight is 378 g/mol. The summed E-state index contributed by atoms with van der Waals surface area (Å²) in [7, 11) is -2.29. The van der Waals surface area contributed by atoms with Gasteiger partial charge >= 0.3 is 0 Å². The van der Waals surface area contributed by atoms with Crippen molar-refractivity contribution in [2.24, 2.45) is 0 Å². The van der Waals surface area contributed by atoms with Crippen molar-refractivity contribution in [2.75, 3.05) is 12.8 Å². The van der Waals surface area contributed by atoms with Crippen molar-refractivity contribution in [3.63, 3.8) is 0 Å². The standard InChI is InChI=1S/C17H19FN4O3S/c1-17(2,3)26(23,24)13-9-22-11(8-20-16(22)7-12(13)25-4)10-5-14(18)21-15(19)6-10/h5-9H,1-4H3,(H2,19,21). The maximum atomic E-state index is 13.6. The number of fused-ring (bicyclic) bond motifs is 1. The van der Waals surface area contributed by atoms with E-state index in [9.17, 15) is 12.8 Å². The molecule has 138 valence electrons. The molecule has 0 fully saturated rings. The predicted molar refractivity (Wildman–Crippen MR) is 96.3 cm³/mol. The van der Waals surface area contributed by atoms with Crippen LogP contribution in [0, 0.1) is 5.95 Å². The molecule has 26 heavy (non-hydrogen) atoms. The van der Waals surface area contributed by atoms with Crippen molar-refractivity contribution in [1.82, 2.24) is 14.4 Å². The summed E-state index contributed by atoms with van der Waals surface area (Å²) in [6.45, 7) is 4.83. The molecule has 0 unspecified atom stereocenters. The molecule has 3 heterocycles. The molecule has 0 saturated carbocycles. The van der Waals surface area contributed by atoms with Crippen LogP contribution in [0.15, 0.2) is 35.5 Å². The molecular formula is C17H19FN4O3S. The fraction of sp³-hybridized carbons (Fsp3) is 0.294. The first kappa shape index (κ1) is 18.1. The van der Waals surface area contributed by atoms with E-state index in [2.05, 4.69) is 9.97 Å². The van der Waals surface area contributed by atoms with Gasteiger partial charge in [-0.1, -0.05) is 0 Å². The van der Waals surface area contributed by atoms with Crippen LogP contribution in [0.2, 0.25) is 0 Å². The van der Waals surface area contributed by atoms with Crippen LogP contribution in [0.25, 0.3) is 16.9 Å². The minimum atomic E-state index is -3.69. The van der Waals surface area contributed by atoms with Crippen molar-refractivity contribution in [2.45, 2.75) is 30.4 Å². The Morgan fingerprint density at radius 1 is 1.23 bits per heavy atom. The first-order valence-corrected chi connectivity index (χ1v) is 9.26. The summed E-state index contributed by atoms with van der Waals surface area (Å²) in [5.74, 6) is -0.512. The highest BCUT2D eigenvalue weighted by molar-refractivity contribution is 7.92. The van der Waals surface area contributed by atoms with Gasteiger partial charge in [0.05, 0.1) is 23.7 Å². The lowest BCUT2D eigenvalue weighted by atomic mass is 10.2. The van der Waals surface area contributed by atoms with E-state index in [0.717, 1.165) is 0 Å². The molecule has 0 aromatic carbocycles. The second kappa shape index (κ2) is 5.94. The Kier molecular flexibility index (Phi) is 4.14. The summed E-state index contributed by atoms with van der Waals surface area (Å²) in [5, 5.41) is 0. The molecule has 3 rings (SSSR count). The van der Waals surface area contributed by atoms with Crippen molar-refractivity contribution in [3.05, 3.63) is 36.5 Å². The quantitative estimate of drug-likeness (QED) is 0.704. The van der Waals surface area contributed by atoms with Gasteiger partial charge < -0.3 is 10.5 Å². The van der Waals surface area contributed by atoms with Crippen LogP contribution in [0.4, 0.5) is 10.2 Å². The maximum Gasteiger partial charge on any atom is 0.215 e. The first-order chi connectivity index (χ1) is 12.0. The van der Waals surface area contributed by atoms with E-state index in [0.29, 0.717) is 16.9 Å². The van der Waals surface area contributed by atoms with Crippen LogP contribution in [-0.2, 0) is 9.84 Å². The van der Waals surface area contributed by atoms with Gasteiger partial charge in [0.25, 0.3) is 0 Å². The number of hydrogen-bond donors (Lipinski definition) is 1. The lowest BCUT2D eigenvalue weighted by Crippen LogP contribution is -2.28. The van der Waals surface area contributed by atoms with Crippen LogP contribution in [-0.4, -0.2) is 34.6 Å². The molecule has 2 N–H and O–H groups in total. The van der Waals surface area contributed by atoms with E-state index in [1.165, 1.54) is 37.7 Å². The topological polar surface area (TPSA) is 99.6 Å². The van der Waals surface area contributed by atoms with Gasteiger partial charge in [0, 0.05) is 23.9 Å². The van der Waals surface area contributed by atoms with Crippen molar-refractivity contribution in [1.29, 1.82) is 0 Å². The van der Waals surface area contributed by atoms with E-state index in [1.54, 1.807) is 25.2 Å². The number of nitrogens with two attached hydrogens (primary N) is 1. The van der Waals surface area contributed by atoms with E-state index >= 15 is 0 Å². The third-order valence-corrected chi connectivity index (χ3v) is 6.50. The molecule has 0 aliphatic carbocycles. The lowest BCUT2D eigenvalue weighted by Gasteiger charge is -2.21. The molecule has 0 radical (unpaired) electrons. The van der Waals surface area contributed by atoms with Gasteiger partial charge in [-0.25, -0.2) is 18.4 Å². The minimum absolute atomic E-state index is 0.0194. The number of nitrogens with zero attached hydrogens (tertiary/aromatic N) is 3. The van der Waals surface area contributed by atoms with Crippen LogP contribution in [0.5, 0.6) is 5.75 Å². The number of ether oxygens (including phenoxy) is 1. The van der Waals surface area contributed by atoms with Gasteiger partial charge in [-0.2, -0.15) is 4.39 Å². The number of methoxy groups -OCH3 is 1. The van der Waals surface area contributed by atoms with E-state index in [4.69, 9.17) is 10.5 Å². The zero-order chi connectivity index (χ0) is 19.3. The highest BCUT2D eigenvalue weighted by atomic mass is 32.2. The molecule has 9 heteroatoms. The summed E-state index contributed by atoms with van der Waals surface area (Å²) >= 11 is 0. The number of rotatable bonds is 3. The molecule has 0 aliphatic heterocycles. The normalized spacial score (nSPS) is 12.5. The SMILES string of the molecule is COc1cc2ncc(-c3cc(N)nc(F)c3)n2cc1S(=O)(=O)C(C)(C)C. The number of hydrogen-bond acceptors (Lipinski definition) is 6. The van der Waals surface area contributed by atoms with Gasteiger partial charge in [0.2, 0.25) is 5.95 Å². The third kappa shape index (κ3) is 2.88. The second-order valence-electron chi connectivity index (χ2n) is 6.80. The fourth-order valence-corrected chi connectivity index (χ4v) is 3.87. The van der Waals surface area contributed by atoms with Crippen LogP contribution in [0.1, 0.15) is 20.8 Å². The number of pyridine rings is 2. The Morgan fingerprint density at radius 3 is 2.50 bits per heavy atom. The molecular weight excluding hydrogens is 359 g/mol. The summed E-state index contributed by atoms with van der Waals surface area (Å²) in [5.41, 5.74) is 7.00. The first-order valence-electron chi connectivity index (χ1n) is 7.78.